The number of nitro benzene ring substituents is 1. The lowest BCUT2D eigenvalue weighted by molar-refractivity contribution is -0.385. The number of furan rings is 1. The fourth-order valence-electron chi connectivity index (χ4n) is 2.90. The van der Waals surface area contributed by atoms with Crippen molar-refractivity contribution in [2.24, 2.45) is 0 Å². The van der Waals surface area contributed by atoms with E-state index < -0.39 is 16.9 Å². The van der Waals surface area contributed by atoms with E-state index in [-0.39, 0.29) is 58.5 Å². The minimum atomic E-state index is -0.710. The number of aryl methyl sites for hydroxylation is 2. The highest BCUT2D eigenvalue weighted by Gasteiger charge is 2.24. The van der Waals surface area contributed by atoms with Crippen molar-refractivity contribution < 1.29 is 28.4 Å². The molecule has 0 bridgehead atoms. The number of hydrogen-bond donors (Lipinski definition) is 1. The number of nitrogen functional groups attached to an aromatic ring is 1. The van der Waals surface area contributed by atoms with Gasteiger partial charge in [0, 0.05) is 11.6 Å². The number of aromatic nitrogens is 2. The highest BCUT2D eigenvalue weighted by Crippen LogP contribution is 2.29. The summed E-state index contributed by atoms with van der Waals surface area (Å²) in [4.78, 5) is 43.0. The van der Waals surface area contributed by atoms with Crippen LogP contribution in [0.4, 0.5) is 11.5 Å². The second-order valence-corrected chi connectivity index (χ2v) is 6.29. The number of nitrogens with zero attached hydrogens (tertiary/aromatic N) is 3. The lowest BCUT2D eigenvalue weighted by Crippen LogP contribution is -2.10. The molecule has 30 heavy (non-hydrogen) atoms. The molecule has 0 atom stereocenters. The van der Waals surface area contributed by atoms with Crippen LogP contribution in [0.1, 0.15) is 44.8 Å². The molecule has 0 aliphatic rings. The maximum atomic E-state index is 12.3. The molecule has 0 saturated heterocycles. The Labute approximate surface area is 170 Å². The quantitative estimate of drug-likeness (QED) is 0.360. The maximum Gasteiger partial charge on any atom is 0.342 e. The molecule has 2 aromatic heterocycles. The summed E-state index contributed by atoms with van der Waals surface area (Å²) in [5, 5.41) is 11.1. The minimum absolute atomic E-state index is 0.0165. The lowest BCUT2D eigenvalue weighted by Gasteiger charge is -2.06. The number of fused-ring (bicyclic) bond motifs is 1. The van der Waals surface area contributed by atoms with Crippen molar-refractivity contribution in [3.8, 4) is 0 Å². The average molecular weight is 414 g/mol. The van der Waals surface area contributed by atoms with Crippen molar-refractivity contribution in [3.05, 3.63) is 56.6 Å². The highest BCUT2D eigenvalue weighted by atomic mass is 16.6. The van der Waals surface area contributed by atoms with E-state index in [9.17, 15) is 19.7 Å². The molecular weight excluding hydrogens is 396 g/mol. The van der Waals surface area contributed by atoms with Gasteiger partial charge in [0.25, 0.3) is 5.69 Å². The number of rotatable bonds is 6. The van der Waals surface area contributed by atoms with E-state index in [0.29, 0.717) is 5.56 Å². The third kappa shape index (κ3) is 3.90. The van der Waals surface area contributed by atoms with Crippen LogP contribution in [0.5, 0.6) is 0 Å². The fraction of sp³-hybridized carbons (Fsp3) is 0.263. The molecule has 3 aromatic rings. The zero-order valence-electron chi connectivity index (χ0n) is 16.4. The summed E-state index contributed by atoms with van der Waals surface area (Å²) < 4.78 is 15.7. The number of nitrogens with two attached hydrogens (primary N) is 1. The van der Waals surface area contributed by atoms with Gasteiger partial charge >= 0.3 is 11.9 Å². The number of esters is 2. The van der Waals surface area contributed by atoms with Gasteiger partial charge in [0.05, 0.1) is 22.5 Å². The van der Waals surface area contributed by atoms with Gasteiger partial charge in [-0.15, -0.1) is 0 Å². The average Bonchev–Trinajstić information content (AvgIpc) is 3.02. The molecule has 11 heteroatoms. The molecule has 0 radical (unpaired) electrons. The summed E-state index contributed by atoms with van der Waals surface area (Å²) in [5.41, 5.74) is 6.55. The van der Waals surface area contributed by atoms with Crippen LogP contribution in [-0.4, -0.2) is 33.4 Å². The van der Waals surface area contributed by atoms with E-state index in [1.165, 1.54) is 25.1 Å². The third-order valence-corrected chi connectivity index (χ3v) is 4.24. The van der Waals surface area contributed by atoms with Gasteiger partial charge in [-0.2, -0.15) is 4.98 Å². The molecular formula is C19H18N4O7. The van der Waals surface area contributed by atoms with Crippen molar-refractivity contribution in [2.45, 2.75) is 27.4 Å². The number of anilines is 1. The fourth-order valence-corrected chi connectivity index (χ4v) is 2.90. The summed E-state index contributed by atoms with van der Waals surface area (Å²) in [6.45, 7) is 4.64. The van der Waals surface area contributed by atoms with Gasteiger partial charge in [-0.1, -0.05) is 0 Å². The van der Waals surface area contributed by atoms with Crippen LogP contribution in [0.25, 0.3) is 11.1 Å². The Hall–Kier alpha value is -4.02. The molecule has 1 aromatic carbocycles. The Morgan fingerprint density at radius 3 is 2.57 bits per heavy atom. The van der Waals surface area contributed by atoms with Gasteiger partial charge in [-0.05, 0) is 32.9 Å². The number of nitro groups is 1. The van der Waals surface area contributed by atoms with Crippen molar-refractivity contribution in [2.75, 3.05) is 12.3 Å². The molecule has 0 fully saturated rings. The summed E-state index contributed by atoms with van der Waals surface area (Å²) in [5.74, 6) is -0.983. The summed E-state index contributed by atoms with van der Waals surface area (Å²) in [7, 11) is 0. The predicted octanol–water partition coefficient (Wildman–Crippen LogP) is 2.86. The van der Waals surface area contributed by atoms with E-state index in [4.69, 9.17) is 19.6 Å². The molecule has 2 N–H and O–H groups in total. The summed E-state index contributed by atoms with van der Waals surface area (Å²) in [6.07, 6.45) is 0. The van der Waals surface area contributed by atoms with Gasteiger partial charge < -0.3 is 19.6 Å². The highest BCUT2D eigenvalue weighted by molar-refractivity contribution is 6.07. The normalized spacial score (nSPS) is 10.8. The van der Waals surface area contributed by atoms with E-state index in [1.54, 1.807) is 13.8 Å². The monoisotopic (exact) mass is 414 g/mol. The van der Waals surface area contributed by atoms with E-state index in [2.05, 4.69) is 9.97 Å². The molecule has 0 amide bonds. The molecule has 0 aliphatic heterocycles. The number of ether oxygens (including phenoxy) is 2. The Morgan fingerprint density at radius 1 is 1.20 bits per heavy atom. The third-order valence-electron chi connectivity index (χ3n) is 4.24. The van der Waals surface area contributed by atoms with Gasteiger partial charge in [-0.3, -0.25) is 10.1 Å². The zero-order valence-corrected chi connectivity index (χ0v) is 16.4. The SMILES string of the molecule is CCOC(=O)c1c(C)oc2nc(COC(=O)c3ccc([N+](=O)[O-])c(C)c3)nc(N)c12. The van der Waals surface area contributed by atoms with Gasteiger partial charge in [0.1, 0.15) is 17.1 Å². The largest absolute Gasteiger partial charge is 0.462 e. The van der Waals surface area contributed by atoms with E-state index in [0.717, 1.165) is 0 Å². The van der Waals surface area contributed by atoms with Crippen molar-refractivity contribution >= 4 is 34.5 Å². The van der Waals surface area contributed by atoms with Crippen LogP contribution in [0, 0.1) is 24.0 Å². The smallest absolute Gasteiger partial charge is 0.342 e. The first kappa shape index (κ1) is 20.7. The summed E-state index contributed by atoms with van der Waals surface area (Å²) in [6, 6.07) is 3.89. The van der Waals surface area contributed by atoms with Crippen LogP contribution in [0.15, 0.2) is 22.6 Å². The van der Waals surface area contributed by atoms with Crippen molar-refractivity contribution in [1.29, 1.82) is 0 Å². The topological polar surface area (TPSA) is 161 Å². The second-order valence-electron chi connectivity index (χ2n) is 6.29. The first-order valence-corrected chi connectivity index (χ1v) is 8.87. The first-order valence-electron chi connectivity index (χ1n) is 8.87. The molecule has 156 valence electrons. The number of benzene rings is 1. The number of carbonyl (C=O) groups excluding carboxylic acids is 2. The maximum absolute atomic E-state index is 12.3. The van der Waals surface area contributed by atoms with Crippen molar-refractivity contribution in [3.63, 3.8) is 0 Å². The second kappa shape index (κ2) is 8.15. The Morgan fingerprint density at radius 2 is 1.93 bits per heavy atom. The van der Waals surface area contributed by atoms with Gasteiger partial charge in [0.2, 0.25) is 5.71 Å². The Balaban J connectivity index is 1.81. The van der Waals surface area contributed by atoms with Gasteiger partial charge in [-0.25, -0.2) is 14.6 Å². The molecule has 0 aliphatic carbocycles. The molecule has 11 nitrogen and oxygen atoms in total. The van der Waals surface area contributed by atoms with Crippen LogP contribution in [-0.2, 0) is 16.1 Å². The van der Waals surface area contributed by atoms with Gasteiger partial charge in [0.15, 0.2) is 12.4 Å². The van der Waals surface area contributed by atoms with Crippen LogP contribution < -0.4 is 5.73 Å². The van der Waals surface area contributed by atoms with Crippen molar-refractivity contribution in [1.82, 2.24) is 9.97 Å². The molecule has 2 heterocycles. The molecule has 3 rings (SSSR count). The predicted molar refractivity (Wildman–Crippen MR) is 104 cm³/mol. The van der Waals surface area contributed by atoms with Crippen LogP contribution in [0.2, 0.25) is 0 Å². The number of hydrogen-bond acceptors (Lipinski definition) is 10. The molecule has 0 spiro atoms. The zero-order chi connectivity index (χ0) is 22.0. The van der Waals surface area contributed by atoms with Crippen LogP contribution in [0.3, 0.4) is 0 Å². The number of carbonyl (C=O) groups is 2. The summed E-state index contributed by atoms with van der Waals surface area (Å²) >= 11 is 0. The standard InChI is InChI=1S/C19H18N4O7/c1-4-28-19(25)14-10(3)30-17-15(14)16(20)21-13(22-17)8-29-18(24)11-5-6-12(23(26)27)9(2)7-11/h5-7H,4,8H2,1-3H3,(H2,20,21,22). The lowest BCUT2D eigenvalue weighted by atomic mass is 10.1. The molecule has 0 saturated carbocycles. The Bertz CT molecular complexity index is 1170. The Kier molecular flexibility index (Phi) is 5.63. The molecule has 0 unspecified atom stereocenters. The van der Waals surface area contributed by atoms with E-state index in [1.807, 2.05) is 0 Å². The minimum Gasteiger partial charge on any atom is -0.462 e. The first-order chi connectivity index (χ1) is 14.2. The van der Waals surface area contributed by atoms with E-state index >= 15 is 0 Å². The van der Waals surface area contributed by atoms with Crippen LogP contribution >= 0.6 is 0 Å².